The molecule has 0 amide bonds. The van der Waals surface area contributed by atoms with Gasteiger partial charge in [0.1, 0.15) is 11.6 Å². The number of aryl methyl sites for hydroxylation is 1. The Hall–Kier alpha value is -1.58. The van der Waals surface area contributed by atoms with Gasteiger partial charge in [-0.15, -0.1) is 0 Å². The molecule has 0 aliphatic heterocycles. The summed E-state index contributed by atoms with van der Waals surface area (Å²) in [5.41, 5.74) is 0.396. The Labute approximate surface area is 99.2 Å². The second kappa shape index (κ2) is 4.02. The van der Waals surface area contributed by atoms with Gasteiger partial charge in [0.15, 0.2) is 0 Å². The van der Waals surface area contributed by atoms with E-state index in [4.69, 9.17) is 9.84 Å². The molecule has 0 heterocycles. The number of carboxylic acid groups (broad SMARTS) is 1. The molecule has 0 bridgehead atoms. The molecule has 1 aromatic rings. The molecule has 92 valence electrons. The van der Waals surface area contributed by atoms with Crippen LogP contribution in [0.4, 0.5) is 4.39 Å². The third-order valence-corrected chi connectivity index (χ3v) is 3.39. The summed E-state index contributed by atoms with van der Waals surface area (Å²) >= 11 is 0. The zero-order valence-electron chi connectivity index (χ0n) is 9.92. The molecule has 1 aliphatic rings. The van der Waals surface area contributed by atoms with Crippen molar-refractivity contribution in [1.29, 1.82) is 0 Å². The molecule has 4 heteroatoms. The highest BCUT2D eigenvalue weighted by molar-refractivity contribution is 5.70. The molecule has 1 fully saturated rings. The largest absolute Gasteiger partial charge is 0.496 e. The maximum absolute atomic E-state index is 14.2. The standard InChI is InChI=1S/C13H15FO3/c1-8-3-4-9(17-2)11(12(8)14)13(5-6-13)7-10(15)16/h3-4H,5-7H2,1-2H3,(H,15,16). The minimum absolute atomic E-state index is 0.0380. The minimum Gasteiger partial charge on any atom is -0.496 e. The van der Waals surface area contributed by atoms with Crippen molar-refractivity contribution in [3.63, 3.8) is 0 Å². The molecule has 1 aromatic carbocycles. The Bertz CT molecular complexity index is 464. The van der Waals surface area contributed by atoms with Crippen molar-refractivity contribution in [2.45, 2.75) is 31.6 Å². The zero-order valence-corrected chi connectivity index (χ0v) is 9.92. The molecule has 0 spiro atoms. The van der Waals surface area contributed by atoms with Crippen molar-refractivity contribution in [2.75, 3.05) is 7.11 Å². The quantitative estimate of drug-likeness (QED) is 0.877. The van der Waals surface area contributed by atoms with Gasteiger partial charge in [0.2, 0.25) is 0 Å². The molecule has 1 N–H and O–H groups in total. The average Bonchev–Trinajstić information content (AvgIpc) is 3.01. The highest BCUT2D eigenvalue weighted by atomic mass is 19.1. The first-order valence-electron chi connectivity index (χ1n) is 5.55. The van der Waals surface area contributed by atoms with E-state index in [1.165, 1.54) is 7.11 Å². The summed E-state index contributed by atoms with van der Waals surface area (Å²) in [5.74, 6) is -0.777. The lowest BCUT2D eigenvalue weighted by Crippen LogP contribution is -2.16. The number of carbonyl (C=O) groups is 1. The zero-order chi connectivity index (χ0) is 12.6. The van der Waals surface area contributed by atoms with E-state index in [0.717, 1.165) is 0 Å². The molecule has 0 aromatic heterocycles. The number of aliphatic carboxylic acids is 1. The fourth-order valence-corrected chi connectivity index (χ4v) is 2.28. The number of carboxylic acids is 1. The van der Waals surface area contributed by atoms with Crippen LogP contribution >= 0.6 is 0 Å². The number of halogens is 1. The van der Waals surface area contributed by atoms with Gasteiger partial charge in [0.25, 0.3) is 0 Å². The Morgan fingerprint density at radius 1 is 1.53 bits per heavy atom. The molecule has 3 nitrogen and oxygen atoms in total. The predicted octanol–water partition coefficient (Wildman–Crippen LogP) is 2.65. The van der Waals surface area contributed by atoms with E-state index >= 15 is 0 Å². The third kappa shape index (κ3) is 1.99. The van der Waals surface area contributed by atoms with Crippen molar-refractivity contribution in [3.05, 3.63) is 29.1 Å². The first-order chi connectivity index (χ1) is 8.00. The van der Waals surface area contributed by atoms with Gasteiger partial charge < -0.3 is 9.84 Å². The monoisotopic (exact) mass is 238 g/mol. The van der Waals surface area contributed by atoms with Crippen LogP contribution in [0.5, 0.6) is 5.75 Å². The Kier molecular flexibility index (Phi) is 2.81. The van der Waals surface area contributed by atoms with Crippen molar-refractivity contribution in [3.8, 4) is 5.75 Å². The van der Waals surface area contributed by atoms with Gasteiger partial charge in [-0.1, -0.05) is 6.07 Å². The van der Waals surface area contributed by atoms with E-state index in [9.17, 15) is 9.18 Å². The number of rotatable bonds is 4. The van der Waals surface area contributed by atoms with E-state index < -0.39 is 11.4 Å². The summed E-state index contributed by atoms with van der Waals surface area (Å²) in [4.78, 5) is 10.9. The molecule has 1 saturated carbocycles. The van der Waals surface area contributed by atoms with E-state index in [0.29, 0.717) is 29.7 Å². The number of methoxy groups -OCH3 is 1. The summed E-state index contributed by atoms with van der Waals surface area (Å²) in [7, 11) is 1.48. The maximum atomic E-state index is 14.2. The molecule has 1 aliphatic carbocycles. The summed E-state index contributed by atoms with van der Waals surface area (Å²) in [6.45, 7) is 1.68. The van der Waals surface area contributed by atoms with Crippen molar-refractivity contribution < 1.29 is 19.0 Å². The number of ether oxygens (including phenoxy) is 1. The van der Waals surface area contributed by atoms with Crippen LogP contribution in [0, 0.1) is 12.7 Å². The molecule has 17 heavy (non-hydrogen) atoms. The first-order valence-corrected chi connectivity index (χ1v) is 5.55. The normalized spacial score (nSPS) is 16.6. The lowest BCUT2D eigenvalue weighted by atomic mass is 9.89. The smallest absolute Gasteiger partial charge is 0.304 e. The summed E-state index contributed by atoms with van der Waals surface area (Å²) in [6.07, 6.45) is 1.37. The van der Waals surface area contributed by atoms with Gasteiger partial charge in [-0.2, -0.15) is 0 Å². The van der Waals surface area contributed by atoms with Gasteiger partial charge in [0.05, 0.1) is 13.5 Å². The lowest BCUT2D eigenvalue weighted by Gasteiger charge is -2.19. The highest BCUT2D eigenvalue weighted by Gasteiger charge is 2.49. The molecule has 0 unspecified atom stereocenters. The number of hydrogen-bond acceptors (Lipinski definition) is 2. The molecule has 0 atom stereocenters. The molecule has 0 radical (unpaired) electrons. The average molecular weight is 238 g/mol. The van der Waals surface area contributed by atoms with Crippen LogP contribution in [0.15, 0.2) is 12.1 Å². The van der Waals surface area contributed by atoms with E-state index in [2.05, 4.69) is 0 Å². The fourth-order valence-electron chi connectivity index (χ4n) is 2.28. The lowest BCUT2D eigenvalue weighted by molar-refractivity contribution is -0.137. The van der Waals surface area contributed by atoms with E-state index in [-0.39, 0.29) is 12.2 Å². The van der Waals surface area contributed by atoms with Crippen LogP contribution in [0.25, 0.3) is 0 Å². The molecule has 2 rings (SSSR count). The van der Waals surface area contributed by atoms with Crippen molar-refractivity contribution in [1.82, 2.24) is 0 Å². The second-order valence-corrected chi connectivity index (χ2v) is 4.62. The van der Waals surface area contributed by atoms with Crippen molar-refractivity contribution >= 4 is 5.97 Å². The third-order valence-electron chi connectivity index (χ3n) is 3.39. The van der Waals surface area contributed by atoms with E-state index in [1.54, 1.807) is 19.1 Å². The SMILES string of the molecule is COc1ccc(C)c(F)c1C1(CC(=O)O)CC1. The Morgan fingerprint density at radius 2 is 2.18 bits per heavy atom. The number of benzene rings is 1. The van der Waals surface area contributed by atoms with Crippen LogP contribution in [0.2, 0.25) is 0 Å². The Morgan fingerprint density at radius 3 is 2.65 bits per heavy atom. The molecular formula is C13H15FO3. The van der Waals surface area contributed by atoms with Gasteiger partial charge >= 0.3 is 5.97 Å². The van der Waals surface area contributed by atoms with Crippen molar-refractivity contribution in [2.24, 2.45) is 0 Å². The van der Waals surface area contributed by atoms with Crippen LogP contribution in [-0.4, -0.2) is 18.2 Å². The van der Waals surface area contributed by atoms with Crippen LogP contribution < -0.4 is 4.74 Å². The van der Waals surface area contributed by atoms with Crippen LogP contribution in [0.1, 0.15) is 30.4 Å². The Balaban J connectivity index is 2.50. The van der Waals surface area contributed by atoms with Crippen LogP contribution in [0.3, 0.4) is 0 Å². The number of hydrogen-bond donors (Lipinski definition) is 1. The fraction of sp³-hybridized carbons (Fsp3) is 0.462. The topological polar surface area (TPSA) is 46.5 Å². The highest BCUT2D eigenvalue weighted by Crippen LogP contribution is 2.55. The van der Waals surface area contributed by atoms with Gasteiger partial charge in [0, 0.05) is 11.0 Å². The predicted molar refractivity (Wildman–Crippen MR) is 60.9 cm³/mol. The first kappa shape index (κ1) is 11.9. The van der Waals surface area contributed by atoms with Gasteiger partial charge in [-0.05, 0) is 31.4 Å². The van der Waals surface area contributed by atoms with Crippen LogP contribution in [-0.2, 0) is 10.2 Å². The van der Waals surface area contributed by atoms with E-state index in [1.807, 2.05) is 0 Å². The summed E-state index contributed by atoms with van der Waals surface area (Å²) in [6, 6.07) is 3.35. The molecular weight excluding hydrogens is 223 g/mol. The summed E-state index contributed by atoms with van der Waals surface area (Å²) < 4.78 is 19.3. The van der Waals surface area contributed by atoms with Gasteiger partial charge in [-0.25, -0.2) is 4.39 Å². The molecule has 0 saturated heterocycles. The minimum atomic E-state index is -0.898. The maximum Gasteiger partial charge on any atom is 0.304 e. The summed E-state index contributed by atoms with van der Waals surface area (Å²) in [5, 5.41) is 8.91. The second-order valence-electron chi connectivity index (χ2n) is 4.62. The van der Waals surface area contributed by atoms with Gasteiger partial charge in [-0.3, -0.25) is 4.79 Å².